The van der Waals surface area contributed by atoms with Crippen molar-refractivity contribution in [3.63, 3.8) is 0 Å². The van der Waals surface area contributed by atoms with Crippen molar-refractivity contribution >= 4 is 91.6 Å². The number of hydrogen-bond acceptors (Lipinski definition) is 10. The van der Waals surface area contributed by atoms with Crippen LogP contribution >= 0.6 is 48.0 Å². The van der Waals surface area contributed by atoms with Crippen molar-refractivity contribution in [3.8, 4) is 11.5 Å². The van der Waals surface area contributed by atoms with Crippen LogP contribution in [0.25, 0.3) is 0 Å². The van der Waals surface area contributed by atoms with E-state index in [0.717, 1.165) is 23.5 Å². The third-order valence-corrected chi connectivity index (χ3v) is 9.25. The van der Waals surface area contributed by atoms with Crippen LogP contribution in [0.15, 0.2) is 58.3 Å². The summed E-state index contributed by atoms with van der Waals surface area (Å²) in [4.78, 5) is 54.3. The van der Waals surface area contributed by atoms with Crippen molar-refractivity contribution in [1.82, 2.24) is 9.80 Å². The molecule has 0 unspecified atom stereocenters. The molecule has 2 heterocycles. The van der Waals surface area contributed by atoms with Crippen LogP contribution in [0.5, 0.6) is 11.5 Å². The van der Waals surface area contributed by atoms with Gasteiger partial charge >= 0.3 is 0 Å². The number of anilines is 2. The summed E-state index contributed by atoms with van der Waals surface area (Å²) in [7, 11) is 3.13. The van der Waals surface area contributed by atoms with E-state index in [1.54, 1.807) is 62.8 Å². The summed E-state index contributed by atoms with van der Waals surface area (Å²) in [5.74, 6) is 0.244. The summed E-state index contributed by atoms with van der Waals surface area (Å²) in [6.07, 6.45) is 1.15. The summed E-state index contributed by atoms with van der Waals surface area (Å²) >= 11 is 12.9. The highest BCUT2D eigenvalue weighted by Gasteiger charge is 2.41. The van der Waals surface area contributed by atoms with Crippen molar-refractivity contribution < 1.29 is 28.7 Å². The molecule has 0 saturated carbocycles. The van der Waals surface area contributed by atoms with E-state index < -0.39 is 0 Å². The second-order valence-corrected chi connectivity index (χ2v) is 12.4. The smallest absolute Gasteiger partial charge is 0.267 e. The minimum atomic E-state index is -0.375. The Kier molecular flexibility index (Phi) is 11.0. The summed E-state index contributed by atoms with van der Waals surface area (Å²) in [5.41, 5.74) is 1.29. The fourth-order valence-corrected chi connectivity index (χ4v) is 6.82. The number of amides is 4. The zero-order valence-electron chi connectivity index (χ0n) is 22.8. The Morgan fingerprint density at radius 3 is 1.38 bits per heavy atom. The standard InChI is InChI=1S/C28H28N4O6S4/c1-37-19-11-7-17(8-12-19)29-21(33)5-3-15-31-25(35)23(41-27(31)39)24-26(36)32(28(40)42-24)16-4-6-22(34)30-18-9-13-20(38-2)14-10-18/h7-14H,3-6,15-16H2,1-2H3,(H,29,33)(H,30,34)/b24-23+. The van der Waals surface area contributed by atoms with E-state index in [-0.39, 0.29) is 59.4 Å². The van der Waals surface area contributed by atoms with Gasteiger partial charge in [0.25, 0.3) is 11.8 Å². The second-order valence-electron chi connectivity index (χ2n) is 9.07. The zero-order valence-corrected chi connectivity index (χ0v) is 26.1. The first-order valence-electron chi connectivity index (χ1n) is 12.9. The predicted octanol–water partition coefficient (Wildman–Crippen LogP) is 4.77. The number of thioether (sulfide) groups is 2. The number of nitrogens with one attached hydrogen (secondary N) is 2. The number of ether oxygens (including phenoxy) is 2. The van der Waals surface area contributed by atoms with Crippen LogP contribution in [-0.2, 0) is 19.2 Å². The third kappa shape index (κ3) is 7.88. The lowest BCUT2D eigenvalue weighted by Gasteiger charge is -2.15. The summed E-state index contributed by atoms with van der Waals surface area (Å²) in [5, 5.41) is 5.61. The van der Waals surface area contributed by atoms with E-state index in [4.69, 9.17) is 33.9 Å². The highest BCUT2D eigenvalue weighted by atomic mass is 32.2. The van der Waals surface area contributed by atoms with Crippen LogP contribution in [0.3, 0.4) is 0 Å². The van der Waals surface area contributed by atoms with Gasteiger partial charge in [-0.25, -0.2) is 0 Å². The number of thiocarbonyl (C=S) groups is 2. The Hall–Kier alpha value is -3.46. The lowest BCUT2D eigenvalue weighted by Crippen LogP contribution is -2.31. The molecule has 2 aromatic carbocycles. The summed E-state index contributed by atoms with van der Waals surface area (Å²) in [6, 6.07) is 14.0. The van der Waals surface area contributed by atoms with Gasteiger partial charge in [0.15, 0.2) is 0 Å². The number of benzene rings is 2. The largest absolute Gasteiger partial charge is 0.497 e. The van der Waals surface area contributed by atoms with Crippen LogP contribution in [0.1, 0.15) is 25.7 Å². The molecule has 2 N–H and O–H groups in total. The maximum absolute atomic E-state index is 13.2. The molecular weight excluding hydrogens is 617 g/mol. The first-order valence-corrected chi connectivity index (χ1v) is 15.3. The fourth-order valence-electron chi connectivity index (χ4n) is 4.05. The van der Waals surface area contributed by atoms with E-state index in [1.165, 1.54) is 9.80 Å². The van der Waals surface area contributed by atoms with Gasteiger partial charge in [-0.3, -0.25) is 29.0 Å². The van der Waals surface area contributed by atoms with Crippen LogP contribution in [-0.4, -0.2) is 69.4 Å². The normalized spacial score (nSPS) is 16.7. The summed E-state index contributed by atoms with van der Waals surface area (Å²) < 4.78 is 10.9. The SMILES string of the molecule is COc1ccc(NC(=O)CCCN2C(=O)/C(=C3\SC(=S)N(CCCC(=O)Nc4ccc(OC)cc4)C3=O)SC2=S)cc1. The van der Waals surface area contributed by atoms with Crippen LogP contribution in [0.4, 0.5) is 11.4 Å². The van der Waals surface area contributed by atoms with Crippen molar-refractivity contribution in [2.45, 2.75) is 25.7 Å². The average Bonchev–Trinajstić information content (AvgIpc) is 3.42. The van der Waals surface area contributed by atoms with Crippen LogP contribution in [0.2, 0.25) is 0 Å². The molecule has 2 aliphatic rings. The minimum Gasteiger partial charge on any atom is -0.497 e. The Bertz CT molecular complexity index is 1320. The molecule has 220 valence electrons. The average molecular weight is 645 g/mol. The van der Waals surface area contributed by atoms with Gasteiger partial charge in [-0.05, 0) is 61.4 Å². The number of carbonyl (C=O) groups is 4. The van der Waals surface area contributed by atoms with Crippen molar-refractivity contribution in [2.24, 2.45) is 0 Å². The highest BCUT2D eigenvalue weighted by molar-refractivity contribution is 8.29. The number of nitrogens with zero attached hydrogens (tertiary/aromatic N) is 2. The zero-order chi connectivity index (χ0) is 30.2. The van der Waals surface area contributed by atoms with E-state index in [2.05, 4.69) is 10.6 Å². The van der Waals surface area contributed by atoms with Crippen LogP contribution < -0.4 is 20.1 Å². The molecule has 4 amide bonds. The maximum atomic E-state index is 13.2. The molecule has 2 fully saturated rings. The lowest BCUT2D eigenvalue weighted by atomic mass is 10.2. The van der Waals surface area contributed by atoms with Crippen LogP contribution in [0, 0.1) is 0 Å². The number of rotatable bonds is 12. The van der Waals surface area contributed by atoms with Crippen molar-refractivity contribution in [3.05, 3.63) is 58.3 Å². The first kappa shape index (κ1) is 31.5. The molecule has 2 aliphatic heterocycles. The highest BCUT2D eigenvalue weighted by Crippen LogP contribution is 2.42. The molecule has 0 aliphatic carbocycles. The van der Waals surface area contributed by atoms with Gasteiger partial charge in [-0.1, -0.05) is 48.0 Å². The molecule has 2 aromatic rings. The minimum absolute atomic E-state index is 0.187. The molecule has 14 heteroatoms. The lowest BCUT2D eigenvalue weighted by molar-refractivity contribution is -0.124. The maximum Gasteiger partial charge on any atom is 0.267 e. The van der Waals surface area contributed by atoms with E-state index in [1.807, 2.05) is 0 Å². The first-order chi connectivity index (χ1) is 20.2. The van der Waals surface area contributed by atoms with Gasteiger partial charge in [0.2, 0.25) is 11.8 Å². The summed E-state index contributed by atoms with van der Waals surface area (Å²) in [6.45, 7) is 0.488. The number of carbonyl (C=O) groups excluding carboxylic acids is 4. The topological polar surface area (TPSA) is 117 Å². The van der Waals surface area contributed by atoms with Crippen molar-refractivity contribution in [1.29, 1.82) is 0 Å². The Labute approximate surface area is 262 Å². The van der Waals surface area contributed by atoms with Gasteiger partial charge in [0.1, 0.15) is 20.1 Å². The predicted molar refractivity (Wildman–Crippen MR) is 173 cm³/mol. The van der Waals surface area contributed by atoms with Gasteiger partial charge in [-0.15, -0.1) is 0 Å². The third-order valence-electron chi connectivity index (χ3n) is 6.22. The Morgan fingerprint density at radius 2 is 1.05 bits per heavy atom. The molecule has 0 atom stereocenters. The van der Waals surface area contributed by atoms with Gasteiger partial charge in [-0.2, -0.15) is 0 Å². The molecule has 0 aromatic heterocycles. The molecule has 4 rings (SSSR count). The van der Waals surface area contributed by atoms with E-state index in [0.29, 0.717) is 44.4 Å². The Morgan fingerprint density at radius 1 is 0.690 bits per heavy atom. The van der Waals surface area contributed by atoms with E-state index in [9.17, 15) is 19.2 Å². The van der Waals surface area contributed by atoms with Gasteiger partial charge in [0, 0.05) is 37.3 Å². The quantitative estimate of drug-likeness (QED) is 0.247. The van der Waals surface area contributed by atoms with Gasteiger partial charge < -0.3 is 20.1 Å². The molecule has 0 radical (unpaired) electrons. The molecular formula is C28H28N4O6S4. The molecule has 0 bridgehead atoms. The monoisotopic (exact) mass is 644 g/mol. The molecule has 2 saturated heterocycles. The molecule has 10 nitrogen and oxygen atoms in total. The molecule has 0 spiro atoms. The Balaban J connectivity index is 1.26. The van der Waals surface area contributed by atoms with Gasteiger partial charge in [0.05, 0.1) is 24.0 Å². The second kappa shape index (κ2) is 14.6. The van der Waals surface area contributed by atoms with Crippen molar-refractivity contribution in [2.75, 3.05) is 37.9 Å². The molecule has 42 heavy (non-hydrogen) atoms. The number of methoxy groups -OCH3 is 2. The fraction of sp³-hybridized carbons (Fsp3) is 0.286. The van der Waals surface area contributed by atoms with E-state index >= 15 is 0 Å². The number of hydrogen-bond donors (Lipinski definition) is 2.